The molecule has 2 aromatic rings. The number of thioether (sulfide) groups is 1. The van der Waals surface area contributed by atoms with Crippen LogP contribution >= 0.6 is 11.8 Å². The largest absolute Gasteiger partial charge is 0.452 e. The predicted molar refractivity (Wildman–Crippen MR) is 96.4 cm³/mol. The minimum absolute atomic E-state index is 0.269. The topological polar surface area (TPSA) is 55.4 Å². The molecule has 0 aromatic heterocycles. The Hall–Kier alpha value is -2.27. The molecule has 24 heavy (non-hydrogen) atoms. The van der Waals surface area contributed by atoms with E-state index in [1.54, 1.807) is 12.1 Å². The van der Waals surface area contributed by atoms with E-state index in [9.17, 15) is 9.59 Å². The number of rotatable bonds is 7. The molecule has 0 bridgehead atoms. The summed E-state index contributed by atoms with van der Waals surface area (Å²) < 4.78 is 5.09. The third kappa shape index (κ3) is 5.13. The van der Waals surface area contributed by atoms with Gasteiger partial charge in [-0.2, -0.15) is 0 Å². The Balaban J connectivity index is 1.77. The highest BCUT2D eigenvalue weighted by Crippen LogP contribution is 2.20. The number of hydrogen-bond acceptors (Lipinski definition) is 4. The summed E-state index contributed by atoms with van der Waals surface area (Å²) in [5.74, 6) is -0.771. The van der Waals surface area contributed by atoms with Crippen molar-refractivity contribution in [2.75, 3.05) is 19.4 Å². The lowest BCUT2D eigenvalue weighted by Gasteiger charge is -2.09. The summed E-state index contributed by atoms with van der Waals surface area (Å²) in [5, 5.41) is 2.77. The van der Waals surface area contributed by atoms with Gasteiger partial charge in [-0.05, 0) is 42.9 Å². The van der Waals surface area contributed by atoms with Gasteiger partial charge in [-0.15, -0.1) is 11.8 Å². The zero-order valence-electron chi connectivity index (χ0n) is 13.9. The van der Waals surface area contributed by atoms with Crippen LogP contribution in [-0.4, -0.2) is 31.3 Å². The van der Waals surface area contributed by atoms with Crippen LogP contribution in [0.25, 0.3) is 0 Å². The van der Waals surface area contributed by atoms with Gasteiger partial charge in [-0.25, -0.2) is 4.79 Å². The lowest BCUT2D eigenvalue weighted by Crippen LogP contribution is -2.30. The Labute approximate surface area is 146 Å². The number of nitrogens with one attached hydrogen (secondary N) is 1. The number of carbonyl (C=O) groups is 2. The molecule has 4 nitrogen and oxygen atoms in total. The normalized spacial score (nSPS) is 10.2. The first kappa shape index (κ1) is 18.1. The Kier molecular flexibility index (Phi) is 6.88. The maximum atomic E-state index is 12.1. The SMILES string of the molecule is CSc1ccccc1C(=O)OCC(=O)NCCc1ccccc1C. The second-order valence-corrected chi connectivity index (χ2v) is 6.15. The van der Waals surface area contributed by atoms with Crippen LogP contribution in [0.5, 0.6) is 0 Å². The van der Waals surface area contributed by atoms with Crippen LogP contribution in [0.15, 0.2) is 53.4 Å². The molecule has 0 aliphatic rings. The molecule has 2 rings (SSSR count). The molecule has 0 aliphatic heterocycles. The molecule has 0 atom stereocenters. The first-order valence-electron chi connectivity index (χ1n) is 7.73. The van der Waals surface area contributed by atoms with Gasteiger partial charge in [0.25, 0.3) is 5.91 Å². The zero-order chi connectivity index (χ0) is 17.4. The summed E-state index contributed by atoms with van der Waals surface area (Å²) in [7, 11) is 0. The monoisotopic (exact) mass is 343 g/mol. The van der Waals surface area contributed by atoms with E-state index in [0.717, 1.165) is 11.3 Å². The van der Waals surface area contributed by atoms with Gasteiger partial charge in [0.15, 0.2) is 6.61 Å². The highest BCUT2D eigenvalue weighted by Gasteiger charge is 2.13. The summed E-state index contributed by atoms with van der Waals surface area (Å²) in [6.45, 7) is 2.29. The third-order valence-corrected chi connectivity index (χ3v) is 4.43. The second kappa shape index (κ2) is 9.13. The number of carbonyl (C=O) groups excluding carboxylic acids is 2. The van der Waals surface area contributed by atoms with Gasteiger partial charge in [0, 0.05) is 11.4 Å². The van der Waals surface area contributed by atoms with E-state index in [-0.39, 0.29) is 12.5 Å². The molecule has 0 radical (unpaired) electrons. The Bertz CT molecular complexity index is 715. The van der Waals surface area contributed by atoms with Gasteiger partial charge >= 0.3 is 5.97 Å². The fourth-order valence-corrected chi connectivity index (χ4v) is 2.89. The van der Waals surface area contributed by atoms with Crippen molar-refractivity contribution < 1.29 is 14.3 Å². The molecule has 0 spiro atoms. The van der Waals surface area contributed by atoms with Gasteiger partial charge in [0.2, 0.25) is 0 Å². The van der Waals surface area contributed by atoms with E-state index >= 15 is 0 Å². The molecule has 0 fully saturated rings. The van der Waals surface area contributed by atoms with E-state index < -0.39 is 5.97 Å². The Morgan fingerprint density at radius 1 is 1.08 bits per heavy atom. The van der Waals surface area contributed by atoms with Crippen molar-refractivity contribution in [1.29, 1.82) is 0 Å². The average molecular weight is 343 g/mol. The number of ether oxygens (including phenoxy) is 1. The molecule has 0 aliphatic carbocycles. The van der Waals surface area contributed by atoms with Gasteiger partial charge in [-0.1, -0.05) is 36.4 Å². The standard InChI is InChI=1S/C19H21NO3S/c1-14-7-3-4-8-15(14)11-12-20-18(21)13-23-19(22)16-9-5-6-10-17(16)24-2/h3-10H,11-13H2,1-2H3,(H,20,21). The van der Waals surface area contributed by atoms with Crippen LogP contribution < -0.4 is 5.32 Å². The molecule has 1 N–H and O–H groups in total. The van der Waals surface area contributed by atoms with Gasteiger partial charge < -0.3 is 10.1 Å². The smallest absolute Gasteiger partial charge is 0.339 e. The van der Waals surface area contributed by atoms with Crippen LogP contribution in [0, 0.1) is 6.92 Å². The first-order chi connectivity index (χ1) is 11.6. The van der Waals surface area contributed by atoms with Gasteiger partial charge in [-0.3, -0.25) is 4.79 Å². The van der Waals surface area contributed by atoms with E-state index in [2.05, 4.69) is 5.32 Å². The summed E-state index contributed by atoms with van der Waals surface area (Å²) in [4.78, 5) is 24.7. The Morgan fingerprint density at radius 3 is 2.54 bits per heavy atom. The van der Waals surface area contributed by atoms with Crippen molar-refractivity contribution in [2.45, 2.75) is 18.2 Å². The molecule has 126 valence electrons. The van der Waals surface area contributed by atoms with E-state index in [1.807, 2.05) is 49.6 Å². The van der Waals surface area contributed by atoms with Crippen molar-refractivity contribution in [3.8, 4) is 0 Å². The Morgan fingerprint density at radius 2 is 1.79 bits per heavy atom. The number of amides is 1. The minimum atomic E-state index is -0.478. The van der Waals surface area contributed by atoms with Crippen molar-refractivity contribution >= 4 is 23.6 Å². The van der Waals surface area contributed by atoms with Crippen LogP contribution in [0.3, 0.4) is 0 Å². The summed E-state index contributed by atoms with van der Waals surface area (Å²) in [6, 6.07) is 15.2. The van der Waals surface area contributed by atoms with E-state index in [4.69, 9.17) is 4.74 Å². The zero-order valence-corrected chi connectivity index (χ0v) is 14.7. The van der Waals surface area contributed by atoms with Gasteiger partial charge in [0.1, 0.15) is 0 Å². The molecule has 0 saturated heterocycles. The molecule has 0 unspecified atom stereocenters. The molecular formula is C19H21NO3S. The van der Waals surface area contributed by atoms with Crippen LogP contribution in [-0.2, 0) is 16.0 Å². The predicted octanol–water partition coefficient (Wildman–Crippen LogP) is 3.23. The lowest BCUT2D eigenvalue weighted by atomic mass is 10.1. The van der Waals surface area contributed by atoms with Crippen molar-refractivity contribution in [1.82, 2.24) is 5.32 Å². The van der Waals surface area contributed by atoms with Crippen LogP contribution in [0.4, 0.5) is 0 Å². The first-order valence-corrected chi connectivity index (χ1v) is 8.95. The highest BCUT2D eigenvalue weighted by atomic mass is 32.2. The summed E-state index contributed by atoms with van der Waals surface area (Å²) in [6.07, 6.45) is 2.64. The lowest BCUT2D eigenvalue weighted by molar-refractivity contribution is -0.124. The van der Waals surface area contributed by atoms with E-state index in [0.29, 0.717) is 12.1 Å². The van der Waals surface area contributed by atoms with E-state index in [1.165, 1.54) is 22.9 Å². The maximum Gasteiger partial charge on any atom is 0.339 e. The molecule has 0 heterocycles. The molecule has 1 amide bonds. The molecule has 5 heteroatoms. The number of benzene rings is 2. The number of hydrogen-bond donors (Lipinski definition) is 1. The molecule has 0 saturated carbocycles. The van der Waals surface area contributed by atoms with Crippen molar-refractivity contribution in [2.24, 2.45) is 0 Å². The fourth-order valence-electron chi connectivity index (χ4n) is 2.30. The number of aryl methyl sites for hydroxylation is 1. The third-order valence-electron chi connectivity index (χ3n) is 3.64. The molecular weight excluding hydrogens is 322 g/mol. The van der Waals surface area contributed by atoms with Crippen LogP contribution in [0.2, 0.25) is 0 Å². The maximum absolute atomic E-state index is 12.1. The second-order valence-electron chi connectivity index (χ2n) is 5.30. The highest BCUT2D eigenvalue weighted by molar-refractivity contribution is 7.98. The van der Waals surface area contributed by atoms with Gasteiger partial charge in [0.05, 0.1) is 5.56 Å². The average Bonchev–Trinajstić information content (AvgIpc) is 2.61. The minimum Gasteiger partial charge on any atom is -0.452 e. The van der Waals surface area contributed by atoms with Crippen molar-refractivity contribution in [3.63, 3.8) is 0 Å². The quantitative estimate of drug-likeness (QED) is 0.619. The summed E-state index contributed by atoms with van der Waals surface area (Å²) >= 11 is 1.47. The molecule has 2 aromatic carbocycles. The fraction of sp³-hybridized carbons (Fsp3) is 0.263. The summed E-state index contributed by atoms with van der Waals surface area (Å²) in [5.41, 5.74) is 2.88. The van der Waals surface area contributed by atoms with Crippen LogP contribution in [0.1, 0.15) is 21.5 Å². The number of esters is 1. The van der Waals surface area contributed by atoms with Crippen molar-refractivity contribution in [3.05, 3.63) is 65.2 Å².